The number of hydrogen-bond acceptors (Lipinski definition) is 8. The molecule has 0 aliphatic carbocycles. The van der Waals surface area contributed by atoms with Crippen molar-refractivity contribution in [1.29, 1.82) is 0 Å². The van der Waals surface area contributed by atoms with Crippen LogP contribution in [0.2, 0.25) is 0 Å². The van der Waals surface area contributed by atoms with Gasteiger partial charge in [-0.2, -0.15) is 10.1 Å². The van der Waals surface area contributed by atoms with Gasteiger partial charge >= 0.3 is 0 Å². The number of methoxy groups -OCH3 is 2. The number of ether oxygens (including phenoxy) is 4. The summed E-state index contributed by atoms with van der Waals surface area (Å²) in [4.78, 5) is 26.4. The normalized spacial score (nSPS) is 16.7. The predicted octanol–water partition coefficient (Wildman–Crippen LogP) is 5.35. The summed E-state index contributed by atoms with van der Waals surface area (Å²) >= 11 is 0. The molecule has 0 saturated carbocycles. The van der Waals surface area contributed by atoms with Gasteiger partial charge in [0.25, 0.3) is 5.56 Å². The molecule has 46 heavy (non-hydrogen) atoms. The number of aryl methyl sites for hydroxylation is 1. The van der Waals surface area contributed by atoms with Crippen LogP contribution in [0.15, 0.2) is 88.6 Å². The molecule has 3 aromatic carbocycles. The number of hydrogen-bond donors (Lipinski definition) is 1. The van der Waals surface area contributed by atoms with Gasteiger partial charge in [-0.25, -0.2) is 9.67 Å². The van der Waals surface area contributed by atoms with Gasteiger partial charge in [0, 0.05) is 14.1 Å². The minimum atomic E-state index is -0.954. The van der Waals surface area contributed by atoms with Crippen molar-refractivity contribution in [3.8, 4) is 11.5 Å². The Morgan fingerprint density at radius 3 is 2.15 bits per heavy atom. The molecule has 1 aliphatic rings. The van der Waals surface area contributed by atoms with Gasteiger partial charge < -0.3 is 23.8 Å². The summed E-state index contributed by atoms with van der Waals surface area (Å²) in [7, 11) is 7.00. The molecule has 6 rings (SSSR count). The van der Waals surface area contributed by atoms with Crippen LogP contribution in [0.1, 0.15) is 41.5 Å². The maximum Gasteiger partial charge on any atom is 0.263 e. The maximum atomic E-state index is 12.9. The lowest BCUT2D eigenvalue weighted by atomic mass is 9.80. The second-order valence-corrected chi connectivity index (χ2v) is 11.4. The van der Waals surface area contributed by atoms with Crippen molar-refractivity contribution < 1.29 is 18.9 Å². The molecule has 0 amide bonds. The van der Waals surface area contributed by atoms with E-state index >= 15 is 0 Å². The third-order valence-electron chi connectivity index (χ3n) is 8.15. The highest BCUT2D eigenvalue weighted by molar-refractivity contribution is 5.78. The van der Waals surface area contributed by atoms with Crippen LogP contribution in [-0.2, 0) is 15.1 Å². The number of H-pyrrole nitrogens is 1. The van der Waals surface area contributed by atoms with E-state index in [9.17, 15) is 4.79 Å². The van der Waals surface area contributed by atoms with Crippen LogP contribution in [0.25, 0.3) is 11.0 Å². The van der Waals surface area contributed by atoms with Crippen molar-refractivity contribution in [2.75, 3.05) is 34.9 Å². The maximum absolute atomic E-state index is 12.9. The quantitative estimate of drug-likeness (QED) is 0.119. The second-order valence-electron chi connectivity index (χ2n) is 11.4. The largest absolute Gasteiger partial charge is 0.497 e. The Morgan fingerprint density at radius 1 is 0.957 bits per heavy atom. The molecule has 238 valence electrons. The number of fused-ring (bicyclic) bond motifs is 1. The van der Waals surface area contributed by atoms with E-state index in [0.717, 1.165) is 34.6 Å². The van der Waals surface area contributed by atoms with E-state index in [-0.39, 0.29) is 17.6 Å². The zero-order valence-corrected chi connectivity index (χ0v) is 26.6. The first-order chi connectivity index (χ1) is 22.3. The minimum absolute atomic E-state index is 0.205. The van der Waals surface area contributed by atoms with E-state index < -0.39 is 11.8 Å². The monoisotopic (exact) mass is 622 g/mol. The summed E-state index contributed by atoms with van der Waals surface area (Å²) in [5.41, 5.74) is 2.65. The van der Waals surface area contributed by atoms with Gasteiger partial charge in [0.2, 0.25) is 5.95 Å². The number of aromatic amines is 1. The molecule has 1 N–H and O–H groups in total. The first kappa shape index (κ1) is 31.0. The van der Waals surface area contributed by atoms with E-state index in [1.165, 1.54) is 0 Å². The van der Waals surface area contributed by atoms with Crippen LogP contribution in [-0.4, -0.2) is 72.0 Å². The van der Waals surface area contributed by atoms with E-state index in [4.69, 9.17) is 18.9 Å². The molecule has 3 heterocycles. The average Bonchev–Trinajstić information content (AvgIpc) is 3.69. The van der Waals surface area contributed by atoms with Gasteiger partial charge in [-0.3, -0.25) is 9.78 Å². The Hall–Kier alpha value is -5.00. The van der Waals surface area contributed by atoms with Crippen LogP contribution in [0, 0.1) is 6.92 Å². The van der Waals surface area contributed by atoms with Crippen LogP contribution in [0.4, 0.5) is 5.95 Å². The van der Waals surface area contributed by atoms with Crippen molar-refractivity contribution in [2.45, 2.75) is 37.7 Å². The summed E-state index contributed by atoms with van der Waals surface area (Å²) in [6.45, 7) is 2.10. The first-order valence-electron chi connectivity index (χ1n) is 15.2. The number of nitrogens with one attached hydrogen (secondary N) is 1. The SMILES string of the molecule is COc1ccc(C(OC[C@@H]2CC[C@H](n3nc(C)c4c(=O)[nH]c(N=CN(C)C)nc43)O2)(c2ccccc2)c2ccc(OC)cc2)cc1. The van der Waals surface area contributed by atoms with Crippen molar-refractivity contribution >= 4 is 23.3 Å². The summed E-state index contributed by atoms with van der Waals surface area (Å²) < 4.78 is 26.3. The fraction of sp³-hybridized carbons (Fsp3) is 0.314. The molecule has 0 unspecified atom stereocenters. The van der Waals surface area contributed by atoms with Crippen LogP contribution in [0.3, 0.4) is 0 Å². The lowest BCUT2D eigenvalue weighted by molar-refractivity contribution is -0.0781. The summed E-state index contributed by atoms with van der Waals surface area (Å²) in [5.74, 6) is 1.72. The number of aliphatic imine (C=N–C) groups is 1. The Morgan fingerprint density at radius 2 is 1.57 bits per heavy atom. The molecular weight excluding hydrogens is 584 g/mol. The molecule has 1 aliphatic heterocycles. The summed E-state index contributed by atoms with van der Waals surface area (Å²) in [6, 6.07) is 26.1. The van der Waals surface area contributed by atoms with Crippen LogP contribution >= 0.6 is 0 Å². The zero-order valence-electron chi connectivity index (χ0n) is 26.6. The Kier molecular flexibility index (Phi) is 8.87. The Bertz CT molecular complexity index is 1820. The highest BCUT2D eigenvalue weighted by Gasteiger charge is 2.40. The molecule has 2 atom stereocenters. The van der Waals surface area contributed by atoms with Crippen LogP contribution < -0.4 is 15.0 Å². The lowest BCUT2D eigenvalue weighted by Gasteiger charge is -2.37. The van der Waals surface area contributed by atoms with Crippen molar-refractivity contribution in [2.24, 2.45) is 4.99 Å². The second kappa shape index (κ2) is 13.2. The Balaban J connectivity index is 1.33. The molecule has 1 fully saturated rings. The Labute approximate surface area is 267 Å². The van der Waals surface area contributed by atoms with E-state index in [0.29, 0.717) is 29.8 Å². The van der Waals surface area contributed by atoms with E-state index in [2.05, 4.69) is 32.2 Å². The average molecular weight is 623 g/mol. The number of rotatable bonds is 11. The van der Waals surface area contributed by atoms with E-state index in [1.54, 1.807) is 37.1 Å². The molecular formula is C35H38N6O5. The predicted molar refractivity (Wildman–Crippen MR) is 176 cm³/mol. The molecule has 2 aromatic heterocycles. The van der Waals surface area contributed by atoms with Crippen molar-refractivity contribution in [1.82, 2.24) is 24.6 Å². The first-order valence-corrected chi connectivity index (χ1v) is 15.2. The molecule has 5 aromatic rings. The summed E-state index contributed by atoms with van der Waals surface area (Å²) in [6.07, 6.45) is 2.34. The molecule has 1 saturated heterocycles. The smallest absolute Gasteiger partial charge is 0.263 e. The van der Waals surface area contributed by atoms with Crippen molar-refractivity contribution in [3.63, 3.8) is 0 Å². The van der Waals surface area contributed by atoms with Crippen molar-refractivity contribution in [3.05, 3.63) is 112 Å². The highest BCUT2D eigenvalue weighted by atomic mass is 16.6. The van der Waals surface area contributed by atoms with Gasteiger partial charge in [0.15, 0.2) is 11.9 Å². The van der Waals surface area contributed by atoms with Crippen LogP contribution in [0.5, 0.6) is 11.5 Å². The van der Waals surface area contributed by atoms with Gasteiger partial charge in [-0.05, 0) is 60.7 Å². The molecule has 0 radical (unpaired) electrons. The highest BCUT2D eigenvalue weighted by Crippen LogP contribution is 2.43. The molecule has 11 heteroatoms. The molecule has 11 nitrogen and oxygen atoms in total. The van der Waals surface area contributed by atoms with Gasteiger partial charge in [-0.15, -0.1) is 0 Å². The number of aromatic nitrogens is 4. The summed E-state index contributed by atoms with van der Waals surface area (Å²) in [5, 5.41) is 5.10. The van der Waals surface area contributed by atoms with Gasteiger partial charge in [0.05, 0.1) is 39.0 Å². The fourth-order valence-corrected chi connectivity index (χ4v) is 5.91. The van der Waals surface area contributed by atoms with E-state index in [1.807, 2.05) is 80.8 Å². The van der Waals surface area contributed by atoms with Gasteiger partial charge in [-0.1, -0.05) is 54.6 Å². The topological polar surface area (TPSA) is 116 Å². The number of nitrogens with zero attached hydrogens (tertiary/aromatic N) is 5. The minimum Gasteiger partial charge on any atom is -0.497 e. The third kappa shape index (κ3) is 5.99. The zero-order chi connectivity index (χ0) is 32.3. The molecule has 0 bridgehead atoms. The third-order valence-corrected chi connectivity index (χ3v) is 8.15. The lowest BCUT2D eigenvalue weighted by Crippen LogP contribution is -2.35. The number of benzene rings is 3. The standard InChI is InChI=1S/C35H38N6O5/c1-23-31-32(37-34(38-33(31)42)36-22-40(2)3)41(39-23)30-20-19-29(46-30)21-45-35(24-9-7-6-8-10-24,25-11-15-27(43-4)16-12-25)26-13-17-28(44-5)18-14-26/h6-18,22,29-30H,19-21H2,1-5H3,(H,37,38,42)/t29-,30+/m0/s1. The fourth-order valence-electron chi connectivity index (χ4n) is 5.91. The van der Waals surface area contributed by atoms with Gasteiger partial charge in [0.1, 0.15) is 22.5 Å². The molecule has 0 spiro atoms.